The summed E-state index contributed by atoms with van der Waals surface area (Å²) in [6, 6.07) is 7.76. The largest absolute Gasteiger partial charge is 0.480 e. The number of benzene rings is 1. The van der Waals surface area contributed by atoms with Crippen molar-refractivity contribution in [2.75, 3.05) is 4.90 Å². The second-order valence-corrected chi connectivity index (χ2v) is 8.91. The van der Waals surface area contributed by atoms with Gasteiger partial charge in [0.15, 0.2) is 0 Å². The molecule has 182 valence electrons. The number of aromatic amines is 1. The van der Waals surface area contributed by atoms with Crippen LogP contribution in [-0.2, 0) is 22.2 Å². The lowest BCUT2D eigenvalue weighted by Gasteiger charge is -2.24. The van der Waals surface area contributed by atoms with E-state index in [2.05, 4.69) is 9.97 Å². The number of carboxylic acid groups (broad SMARTS) is 1. The van der Waals surface area contributed by atoms with Crippen LogP contribution in [0, 0.1) is 0 Å². The van der Waals surface area contributed by atoms with Crippen LogP contribution in [0.4, 0.5) is 18.2 Å². The van der Waals surface area contributed by atoms with Gasteiger partial charge < -0.3 is 10.1 Å². The second-order valence-electron chi connectivity index (χ2n) is 7.98. The molecule has 1 unspecified atom stereocenters. The van der Waals surface area contributed by atoms with E-state index in [-0.39, 0.29) is 12.0 Å². The van der Waals surface area contributed by atoms with Gasteiger partial charge in [-0.05, 0) is 42.5 Å². The molecule has 3 aromatic rings. The fourth-order valence-corrected chi connectivity index (χ4v) is 4.67. The van der Waals surface area contributed by atoms with Gasteiger partial charge in [-0.15, -0.1) is 11.3 Å². The highest BCUT2D eigenvalue weighted by Crippen LogP contribution is 2.38. The van der Waals surface area contributed by atoms with Crippen molar-refractivity contribution in [1.29, 1.82) is 0 Å². The smallest absolute Gasteiger partial charge is 0.416 e. The number of alkyl halides is 3. The third-order valence-corrected chi connectivity index (χ3v) is 6.43. The molecule has 0 aliphatic carbocycles. The Bertz CT molecular complexity index is 1110. The van der Waals surface area contributed by atoms with Gasteiger partial charge in [0.2, 0.25) is 5.91 Å². The van der Waals surface area contributed by atoms with Gasteiger partial charge in [0.25, 0.3) is 0 Å². The minimum atomic E-state index is -4.50. The molecule has 2 aromatic heterocycles. The van der Waals surface area contributed by atoms with Crippen molar-refractivity contribution in [3.63, 3.8) is 0 Å². The molecule has 2 atom stereocenters. The van der Waals surface area contributed by atoms with Crippen LogP contribution in [0.2, 0.25) is 0 Å². The molecule has 0 aliphatic rings. The number of halogens is 3. The lowest BCUT2D eigenvalue weighted by atomic mass is 9.89. The number of amides is 1. The number of hydrogen-bond donors (Lipinski definition) is 2. The molecular formula is C24H26F3N3O3S. The molecule has 0 fully saturated rings. The zero-order chi connectivity index (χ0) is 24.9. The van der Waals surface area contributed by atoms with Gasteiger partial charge in [-0.3, -0.25) is 9.69 Å². The monoisotopic (exact) mass is 493 g/mol. The molecule has 3 rings (SSSR count). The van der Waals surface area contributed by atoms with Crippen molar-refractivity contribution in [3.05, 3.63) is 70.6 Å². The maximum absolute atomic E-state index is 13.7. The van der Waals surface area contributed by atoms with Crippen molar-refractivity contribution in [2.45, 2.75) is 57.7 Å². The van der Waals surface area contributed by atoms with E-state index < -0.39 is 35.6 Å². The lowest BCUT2D eigenvalue weighted by Crippen LogP contribution is -2.43. The molecule has 2 N–H and O–H groups in total. The van der Waals surface area contributed by atoms with E-state index in [1.807, 2.05) is 6.92 Å². The van der Waals surface area contributed by atoms with E-state index in [0.717, 1.165) is 12.5 Å². The van der Waals surface area contributed by atoms with Crippen LogP contribution in [-0.4, -0.2) is 33.0 Å². The number of nitrogens with zero attached hydrogens (tertiary/aromatic N) is 2. The minimum Gasteiger partial charge on any atom is -0.480 e. The van der Waals surface area contributed by atoms with Crippen molar-refractivity contribution in [3.8, 4) is 0 Å². The summed E-state index contributed by atoms with van der Waals surface area (Å²) in [7, 11) is 0. The Morgan fingerprint density at radius 2 is 1.94 bits per heavy atom. The van der Waals surface area contributed by atoms with E-state index in [1.165, 1.54) is 41.5 Å². The van der Waals surface area contributed by atoms with Crippen LogP contribution < -0.4 is 4.90 Å². The predicted molar refractivity (Wildman–Crippen MR) is 124 cm³/mol. The summed E-state index contributed by atoms with van der Waals surface area (Å²) in [5.41, 5.74) is -0.162. The highest BCUT2D eigenvalue weighted by atomic mass is 32.1. The second kappa shape index (κ2) is 10.9. The summed E-state index contributed by atoms with van der Waals surface area (Å²) in [6.45, 7) is 3.38. The third-order valence-electron chi connectivity index (χ3n) is 5.56. The Balaban J connectivity index is 1.90. The van der Waals surface area contributed by atoms with Gasteiger partial charge in [-0.1, -0.05) is 38.0 Å². The lowest BCUT2D eigenvalue weighted by molar-refractivity contribution is -0.139. The van der Waals surface area contributed by atoms with Crippen LogP contribution in [0.15, 0.2) is 48.0 Å². The quantitative estimate of drug-likeness (QED) is 0.370. The van der Waals surface area contributed by atoms with Gasteiger partial charge in [0.1, 0.15) is 11.9 Å². The topological polar surface area (TPSA) is 86.3 Å². The molecule has 10 heteroatoms. The maximum atomic E-state index is 13.7. The maximum Gasteiger partial charge on any atom is 0.416 e. The van der Waals surface area contributed by atoms with Gasteiger partial charge in [0, 0.05) is 17.8 Å². The third kappa shape index (κ3) is 5.85. The van der Waals surface area contributed by atoms with Gasteiger partial charge >= 0.3 is 12.1 Å². The average molecular weight is 494 g/mol. The van der Waals surface area contributed by atoms with Crippen molar-refractivity contribution < 1.29 is 27.9 Å². The predicted octanol–water partition coefficient (Wildman–Crippen LogP) is 5.86. The number of aliphatic carboxylic acids is 1. The molecule has 0 aliphatic heterocycles. The Morgan fingerprint density at radius 3 is 2.56 bits per heavy atom. The molecule has 1 aromatic carbocycles. The Labute approximate surface area is 199 Å². The molecule has 0 spiro atoms. The van der Waals surface area contributed by atoms with Gasteiger partial charge in [0.05, 0.1) is 17.0 Å². The zero-order valence-electron chi connectivity index (χ0n) is 18.8. The summed E-state index contributed by atoms with van der Waals surface area (Å²) < 4.78 is 41.0. The van der Waals surface area contributed by atoms with Crippen molar-refractivity contribution in [2.24, 2.45) is 0 Å². The molecule has 0 saturated carbocycles. The number of imidazole rings is 1. The van der Waals surface area contributed by atoms with Crippen molar-refractivity contribution in [1.82, 2.24) is 9.97 Å². The number of aromatic nitrogens is 2. The number of thiophene rings is 1. The first-order chi connectivity index (χ1) is 16.1. The van der Waals surface area contributed by atoms with E-state index in [0.29, 0.717) is 29.4 Å². The van der Waals surface area contributed by atoms with Crippen LogP contribution >= 0.6 is 11.3 Å². The molecule has 0 saturated heterocycles. The molecule has 0 bridgehead atoms. The minimum absolute atomic E-state index is 0.135. The number of carbonyl (C=O) groups is 2. The summed E-state index contributed by atoms with van der Waals surface area (Å²) >= 11 is 1.25. The van der Waals surface area contributed by atoms with E-state index >= 15 is 0 Å². The molecule has 6 nitrogen and oxygen atoms in total. The summed E-state index contributed by atoms with van der Waals surface area (Å²) in [5.74, 6) is -1.86. The Hall–Kier alpha value is -3.14. The number of carbonyl (C=O) groups excluding carboxylic acids is 1. The number of rotatable bonds is 10. The van der Waals surface area contributed by atoms with Gasteiger partial charge in [-0.25, -0.2) is 9.78 Å². The molecule has 34 heavy (non-hydrogen) atoms. The highest BCUT2D eigenvalue weighted by Gasteiger charge is 2.36. The number of hydrogen-bond acceptors (Lipinski definition) is 4. The summed E-state index contributed by atoms with van der Waals surface area (Å²) in [4.78, 5) is 33.1. The Kier molecular flexibility index (Phi) is 8.14. The van der Waals surface area contributed by atoms with Crippen LogP contribution in [0.25, 0.3) is 0 Å². The summed E-state index contributed by atoms with van der Waals surface area (Å²) in [5, 5.41) is 11.7. The van der Waals surface area contributed by atoms with E-state index in [1.54, 1.807) is 23.6 Å². The molecule has 1 amide bonds. The van der Waals surface area contributed by atoms with Gasteiger partial charge in [-0.2, -0.15) is 13.2 Å². The standard InChI is InChI=1S/C24H26F3N3O3S/c1-3-4-8-18(17-9-5-6-10-19(17)24(25,26)27)22-28-14-16(29-22)13-20(31)30(15(2)23(32)33)21-11-7-12-34-21/h5-7,9-12,14-15,18H,3-4,8,13H2,1-2H3,(H,28,29)(H,32,33)/t15-,18?/m0/s1. The number of unbranched alkanes of at least 4 members (excludes halogenated alkanes) is 1. The molecule has 0 radical (unpaired) electrons. The van der Waals surface area contributed by atoms with Crippen LogP contribution in [0.3, 0.4) is 0 Å². The summed E-state index contributed by atoms with van der Waals surface area (Å²) in [6.07, 6.45) is -1.26. The first-order valence-corrected chi connectivity index (χ1v) is 11.8. The van der Waals surface area contributed by atoms with Crippen molar-refractivity contribution >= 4 is 28.2 Å². The normalized spacial score (nSPS) is 13.4. The fraction of sp³-hybridized carbons (Fsp3) is 0.375. The number of carboxylic acids is 1. The first-order valence-electron chi connectivity index (χ1n) is 10.9. The molecular weight excluding hydrogens is 467 g/mol. The first kappa shape index (κ1) is 25.5. The van der Waals surface area contributed by atoms with E-state index in [9.17, 15) is 27.9 Å². The Morgan fingerprint density at radius 1 is 1.21 bits per heavy atom. The average Bonchev–Trinajstić information content (AvgIpc) is 3.46. The molecule has 2 heterocycles. The van der Waals surface area contributed by atoms with Crippen LogP contribution in [0.5, 0.6) is 0 Å². The highest BCUT2D eigenvalue weighted by molar-refractivity contribution is 7.14. The SMILES string of the molecule is CCCCC(c1ncc(CC(=O)N(c2cccs2)[C@@H](C)C(=O)O)[nH]1)c1ccccc1C(F)(F)F. The number of anilines is 1. The van der Waals surface area contributed by atoms with Crippen LogP contribution in [0.1, 0.15) is 61.7 Å². The zero-order valence-corrected chi connectivity index (χ0v) is 19.6. The number of H-pyrrole nitrogens is 1. The fourth-order valence-electron chi connectivity index (χ4n) is 3.85. The van der Waals surface area contributed by atoms with E-state index in [4.69, 9.17) is 0 Å². The number of nitrogens with one attached hydrogen (secondary N) is 1.